The topological polar surface area (TPSA) is 44.8 Å². The normalized spacial score (nSPS) is 29.6. The summed E-state index contributed by atoms with van der Waals surface area (Å²) in [6, 6.07) is 9.82. The molecular formula is C23H26O4. The van der Waals surface area contributed by atoms with Gasteiger partial charge in [0.2, 0.25) is 0 Å². The zero-order valence-corrected chi connectivity index (χ0v) is 16.3. The summed E-state index contributed by atoms with van der Waals surface area (Å²) < 4.78 is 18.2. The van der Waals surface area contributed by atoms with Crippen LogP contribution in [0.2, 0.25) is 0 Å². The van der Waals surface area contributed by atoms with Gasteiger partial charge in [0.1, 0.15) is 6.10 Å². The van der Waals surface area contributed by atoms with Gasteiger partial charge in [0.05, 0.1) is 13.2 Å². The van der Waals surface area contributed by atoms with Gasteiger partial charge >= 0.3 is 0 Å². The summed E-state index contributed by atoms with van der Waals surface area (Å²) in [5.41, 5.74) is 0.657. The molecule has 1 aromatic rings. The molecule has 0 saturated carbocycles. The van der Waals surface area contributed by atoms with Crippen molar-refractivity contribution in [3.8, 4) is 11.8 Å². The van der Waals surface area contributed by atoms with Crippen molar-refractivity contribution in [2.45, 2.75) is 51.8 Å². The molecule has 27 heavy (non-hydrogen) atoms. The fourth-order valence-corrected chi connectivity index (χ4v) is 3.38. The number of fused-ring (bicyclic) bond motifs is 1. The van der Waals surface area contributed by atoms with Gasteiger partial charge in [0, 0.05) is 11.5 Å². The minimum atomic E-state index is -1.09. The van der Waals surface area contributed by atoms with E-state index in [2.05, 4.69) is 11.8 Å². The van der Waals surface area contributed by atoms with Crippen LogP contribution in [0.4, 0.5) is 0 Å². The van der Waals surface area contributed by atoms with Crippen LogP contribution in [-0.2, 0) is 25.6 Å². The number of benzene rings is 1. The molecule has 0 bridgehead atoms. The number of rotatable bonds is 3. The van der Waals surface area contributed by atoms with Crippen molar-refractivity contribution in [3.05, 3.63) is 59.7 Å². The van der Waals surface area contributed by atoms with E-state index >= 15 is 0 Å². The SMILES string of the molecule is C/C=C/C#CC1=CC(=O)[C@@](C)(OCc2ccccc2)[C@H]2OC(C)(C)OC[C@H]12. The predicted molar refractivity (Wildman–Crippen MR) is 104 cm³/mol. The molecule has 2 aliphatic rings. The van der Waals surface area contributed by atoms with Gasteiger partial charge in [0.25, 0.3) is 0 Å². The molecule has 0 amide bonds. The average Bonchev–Trinajstić information content (AvgIpc) is 2.65. The van der Waals surface area contributed by atoms with Crippen LogP contribution in [0.3, 0.4) is 0 Å². The van der Waals surface area contributed by atoms with E-state index in [1.54, 1.807) is 12.2 Å². The summed E-state index contributed by atoms with van der Waals surface area (Å²) in [6.45, 7) is 8.20. The lowest BCUT2D eigenvalue weighted by atomic mass is 9.75. The van der Waals surface area contributed by atoms with E-state index in [1.165, 1.54) is 0 Å². The van der Waals surface area contributed by atoms with Gasteiger partial charge in [-0.15, -0.1) is 0 Å². The number of allylic oxidation sites excluding steroid dienone is 2. The summed E-state index contributed by atoms with van der Waals surface area (Å²) in [5, 5.41) is 0. The number of carbonyl (C=O) groups excluding carboxylic acids is 1. The van der Waals surface area contributed by atoms with Crippen molar-refractivity contribution in [2.24, 2.45) is 5.92 Å². The lowest BCUT2D eigenvalue weighted by Crippen LogP contribution is -2.62. The van der Waals surface area contributed by atoms with Crippen LogP contribution in [-0.4, -0.2) is 29.9 Å². The predicted octanol–water partition coefficient (Wildman–Crippen LogP) is 3.82. The molecule has 1 aliphatic carbocycles. The third kappa shape index (κ3) is 4.22. The minimum absolute atomic E-state index is 0.123. The van der Waals surface area contributed by atoms with Crippen molar-refractivity contribution in [3.63, 3.8) is 0 Å². The van der Waals surface area contributed by atoms with E-state index in [1.807, 2.05) is 64.1 Å². The molecule has 0 aromatic heterocycles. The molecule has 1 fully saturated rings. The highest BCUT2D eigenvalue weighted by Gasteiger charge is 2.54. The standard InChI is InChI=1S/C23H26O4/c1-5-6-8-13-18-14-20(24)23(4,26-15-17-11-9-7-10-12-17)21-19(18)16-25-22(2,3)27-21/h5-7,9-12,14,19,21H,15-16H2,1-4H3/b6-5+/t19-,21+,23-/m1/s1. The van der Waals surface area contributed by atoms with Crippen LogP contribution >= 0.6 is 0 Å². The summed E-state index contributed by atoms with van der Waals surface area (Å²) >= 11 is 0. The van der Waals surface area contributed by atoms with Crippen LogP contribution in [0, 0.1) is 17.8 Å². The fourth-order valence-electron chi connectivity index (χ4n) is 3.38. The number of ether oxygens (including phenoxy) is 3. The fraction of sp³-hybridized carbons (Fsp3) is 0.435. The second-order valence-electron chi connectivity index (χ2n) is 7.47. The number of hydrogen-bond acceptors (Lipinski definition) is 4. The van der Waals surface area contributed by atoms with Crippen molar-refractivity contribution >= 4 is 5.78 Å². The summed E-state index contributed by atoms with van der Waals surface area (Å²) in [6.07, 6.45) is 4.75. The molecule has 1 heterocycles. The van der Waals surface area contributed by atoms with Gasteiger partial charge in [-0.2, -0.15) is 0 Å². The van der Waals surface area contributed by atoms with Gasteiger partial charge in [0.15, 0.2) is 17.2 Å². The quantitative estimate of drug-likeness (QED) is 0.763. The first-order chi connectivity index (χ1) is 12.9. The smallest absolute Gasteiger partial charge is 0.190 e. The molecule has 1 aliphatic heterocycles. The molecule has 3 rings (SSSR count). The number of carbonyl (C=O) groups is 1. The van der Waals surface area contributed by atoms with E-state index < -0.39 is 17.5 Å². The van der Waals surface area contributed by atoms with Crippen LogP contribution in [0.25, 0.3) is 0 Å². The van der Waals surface area contributed by atoms with Crippen LogP contribution < -0.4 is 0 Å². The Morgan fingerprint density at radius 3 is 2.70 bits per heavy atom. The Hall–Kier alpha value is -2.19. The molecule has 1 saturated heterocycles. The first-order valence-electron chi connectivity index (χ1n) is 9.24. The van der Waals surface area contributed by atoms with Gasteiger partial charge in [-0.05, 0) is 45.4 Å². The van der Waals surface area contributed by atoms with Crippen LogP contribution in [0.5, 0.6) is 0 Å². The summed E-state index contributed by atoms with van der Waals surface area (Å²) in [7, 11) is 0. The second kappa shape index (κ2) is 7.82. The largest absolute Gasteiger partial charge is 0.360 e. The molecule has 0 spiro atoms. The van der Waals surface area contributed by atoms with Crippen molar-refractivity contribution in [1.29, 1.82) is 0 Å². The minimum Gasteiger partial charge on any atom is -0.360 e. The maximum absolute atomic E-state index is 13.0. The Labute approximate surface area is 161 Å². The second-order valence-corrected chi connectivity index (χ2v) is 7.47. The molecular weight excluding hydrogens is 340 g/mol. The highest BCUT2D eigenvalue weighted by molar-refractivity contribution is 6.00. The van der Waals surface area contributed by atoms with Crippen molar-refractivity contribution in [2.75, 3.05) is 6.61 Å². The molecule has 0 unspecified atom stereocenters. The van der Waals surface area contributed by atoms with Gasteiger partial charge in [-0.3, -0.25) is 4.79 Å². The third-order valence-corrected chi connectivity index (χ3v) is 4.95. The van der Waals surface area contributed by atoms with E-state index in [-0.39, 0.29) is 11.7 Å². The Kier molecular flexibility index (Phi) is 5.67. The van der Waals surface area contributed by atoms with E-state index in [9.17, 15) is 4.79 Å². The van der Waals surface area contributed by atoms with Gasteiger partial charge in [-0.25, -0.2) is 0 Å². The Morgan fingerprint density at radius 2 is 2.00 bits per heavy atom. The first kappa shape index (κ1) is 19.6. The summed E-state index contributed by atoms with van der Waals surface area (Å²) in [4.78, 5) is 13.0. The molecule has 142 valence electrons. The average molecular weight is 366 g/mol. The molecule has 0 N–H and O–H groups in total. The lowest BCUT2D eigenvalue weighted by Gasteiger charge is -2.49. The monoisotopic (exact) mass is 366 g/mol. The zero-order valence-electron chi connectivity index (χ0n) is 16.3. The van der Waals surface area contributed by atoms with Crippen LogP contribution in [0.1, 0.15) is 33.3 Å². The first-order valence-corrected chi connectivity index (χ1v) is 9.24. The van der Waals surface area contributed by atoms with Crippen molar-refractivity contribution < 1.29 is 19.0 Å². The third-order valence-electron chi connectivity index (χ3n) is 4.95. The Morgan fingerprint density at radius 1 is 1.26 bits per heavy atom. The molecule has 4 heteroatoms. The van der Waals surface area contributed by atoms with Crippen LogP contribution in [0.15, 0.2) is 54.1 Å². The zero-order chi connectivity index (χ0) is 19.5. The van der Waals surface area contributed by atoms with E-state index in [0.29, 0.717) is 13.2 Å². The maximum Gasteiger partial charge on any atom is 0.190 e. The molecule has 4 nitrogen and oxygen atoms in total. The highest BCUT2D eigenvalue weighted by atomic mass is 16.7. The number of ketones is 1. The number of hydrogen-bond donors (Lipinski definition) is 0. The molecule has 1 aromatic carbocycles. The molecule has 3 atom stereocenters. The van der Waals surface area contributed by atoms with Gasteiger partial charge in [-0.1, -0.05) is 48.2 Å². The van der Waals surface area contributed by atoms with Gasteiger partial charge < -0.3 is 14.2 Å². The Bertz CT molecular complexity index is 810. The summed E-state index contributed by atoms with van der Waals surface area (Å²) in [5.74, 6) is 4.99. The maximum atomic E-state index is 13.0. The highest BCUT2D eigenvalue weighted by Crippen LogP contribution is 2.41. The van der Waals surface area contributed by atoms with E-state index in [0.717, 1.165) is 11.1 Å². The Balaban J connectivity index is 1.92. The van der Waals surface area contributed by atoms with Crippen molar-refractivity contribution in [1.82, 2.24) is 0 Å². The lowest BCUT2D eigenvalue weighted by molar-refractivity contribution is -0.318. The van der Waals surface area contributed by atoms with E-state index in [4.69, 9.17) is 14.2 Å². The molecule has 0 radical (unpaired) electrons.